The molecule has 10 rings (SSSR count). The van der Waals surface area contributed by atoms with Gasteiger partial charge in [-0.1, -0.05) is 109 Å². The number of nitrogens with zero attached hydrogens (tertiary/aromatic N) is 5. The van der Waals surface area contributed by atoms with Gasteiger partial charge in [0.1, 0.15) is 0 Å². The summed E-state index contributed by atoms with van der Waals surface area (Å²) in [7, 11) is 0. The van der Waals surface area contributed by atoms with E-state index in [1.54, 1.807) is 0 Å². The molecule has 0 radical (unpaired) electrons. The molecule has 0 aliphatic heterocycles. The van der Waals surface area contributed by atoms with Gasteiger partial charge in [0.2, 0.25) is 0 Å². The predicted molar refractivity (Wildman–Crippen MR) is 229 cm³/mol. The second kappa shape index (κ2) is 13.9. The van der Waals surface area contributed by atoms with Crippen molar-refractivity contribution in [2.24, 2.45) is 0 Å². The van der Waals surface area contributed by atoms with Crippen LogP contribution in [0.3, 0.4) is 0 Å². The van der Waals surface area contributed by atoms with Crippen LogP contribution in [-0.2, 0) is 0 Å². The van der Waals surface area contributed by atoms with Crippen LogP contribution in [0.15, 0.2) is 200 Å². The Bertz CT molecular complexity index is 2720. The quantitative estimate of drug-likeness (QED) is 0.157. The van der Waals surface area contributed by atoms with Crippen molar-refractivity contribution in [1.29, 1.82) is 5.26 Å². The van der Waals surface area contributed by atoms with Gasteiger partial charge in [0.15, 0.2) is 5.82 Å². The van der Waals surface area contributed by atoms with E-state index in [0.29, 0.717) is 11.4 Å². The highest BCUT2D eigenvalue weighted by molar-refractivity contribution is 6.17. The Hall–Kier alpha value is -7.81. The highest BCUT2D eigenvalue weighted by Gasteiger charge is 2.29. The summed E-state index contributed by atoms with van der Waals surface area (Å²) in [5.41, 5.74) is 13.5. The maximum absolute atomic E-state index is 9.59. The first kappa shape index (κ1) is 32.8. The lowest BCUT2D eigenvalue weighted by molar-refractivity contribution is 1.19. The van der Waals surface area contributed by atoms with Crippen LogP contribution in [0.1, 0.15) is 5.56 Å². The van der Waals surface area contributed by atoms with Crippen LogP contribution in [0.25, 0.3) is 55.8 Å². The molecule has 262 valence electrons. The Morgan fingerprint density at radius 3 is 1.34 bits per heavy atom. The second-order valence-electron chi connectivity index (χ2n) is 13.8. The Kier molecular flexibility index (Phi) is 8.13. The maximum Gasteiger partial charge on any atom is 0.160 e. The van der Waals surface area contributed by atoms with Crippen LogP contribution >= 0.6 is 0 Å². The van der Waals surface area contributed by atoms with Crippen molar-refractivity contribution in [3.05, 3.63) is 206 Å². The Labute approximate surface area is 325 Å². The zero-order chi connectivity index (χ0) is 37.4. The monoisotopic (exact) mass is 715 g/mol. The van der Waals surface area contributed by atoms with E-state index >= 15 is 0 Å². The Morgan fingerprint density at radius 1 is 0.393 bits per heavy atom. The van der Waals surface area contributed by atoms with Crippen molar-refractivity contribution in [2.75, 3.05) is 9.80 Å². The molecule has 56 heavy (non-hydrogen) atoms. The minimum absolute atomic E-state index is 0.591. The molecular formula is C51H33N5. The third-order valence-corrected chi connectivity index (χ3v) is 10.4. The Balaban J connectivity index is 1.30. The second-order valence-corrected chi connectivity index (χ2v) is 13.8. The molecule has 1 aromatic heterocycles. The molecule has 0 amide bonds. The molecule has 8 aromatic carbocycles. The van der Waals surface area contributed by atoms with Gasteiger partial charge in [-0.3, -0.25) is 0 Å². The molecule has 5 heteroatoms. The molecule has 1 aliphatic rings. The summed E-state index contributed by atoms with van der Waals surface area (Å²) >= 11 is 0. The summed E-state index contributed by atoms with van der Waals surface area (Å²) in [5.74, 6) is 0.603. The number of para-hydroxylation sites is 4. The van der Waals surface area contributed by atoms with Crippen molar-refractivity contribution in [3.8, 4) is 51.1 Å². The minimum atomic E-state index is 0.591. The number of hydrogen-bond acceptors (Lipinski definition) is 5. The maximum atomic E-state index is 9.59. The van der Waals surface area contributed by atoms with Gasteiger partial charge in [-0.05, 0) is 107 Å². The van der Waals surface area contributed by atoms with E-state index in [0.717, 1.165) is 78.7 Å². The summed E-state index contributed by atoms with van der Waals surface area (Å²) < 4.78 is 0. The molecule has 0 atom stereocenters. The number of hydrogen-bond donors (Lipinski definition) is 0. The number of aromatic nitrogens is 2. The third kappa shape index (κ3) is 5.74. The van der Waals surface area contributed by atoms with Crippen LogP contribution < -0.4 is 9.80 Å². The predicted octanol–water partition coefficient (Wildman–Crippen LogP) is 13.4. The fraction of sp³-hybridized carbons (Fsp3) is 0. The van der Waals surface area contributed by atoms with Gasteiger partial charge in [-0.2, -0.15) is 5.26 Å². The van der Waals surface area contributed by atoms with Crippen LogP contribution in [0, 0.1) is 11.3 Å². The van der Waals surface area contributed by atoms with Crippen molar-refractivity contribution >= 4 is 44.9 Å². The molecule has 0 saturated carbocycles. The Morgan fingerprint density at radius 2 is 0.857 bits per heavy atom. The highest BCUT2D eigenvalue weighted by atomic mass is 15.2. The molecule has 1 heterocycles. The fourth-order valence-corrected chi connectivity index (χ4v) is 7.88. The number of fused-ring (bicyclic) bond motifs is 3. The van der Waals surface area contributed by atoms with Gasteiger partial charge in [0, 0.05) is 56.4 Å². The standard InChI is InChI=1S/C51H33N5/c52-34-35-27-29-37(30-28-35)51-53-49(48-45-25-13-15-36-16-14-26-46(47(36)45)50(48)54-51)38-31-43(55(39-17-5-1-6-18-39)40-19-7-2-8-20-40)33-44(32-38)56(41-21-9-3-10-22-41)42-23-11-4-12-24-42/h1-33H. The molecule has 5 nitrogen and oxygen atoms in total. The lowest BCUT2D eigenvalue weighted by atomic mass is 9.97. The fourth-order valence-electron chi connectivity index (χ4n) is 7.88. The van der Waals surface area contributed by atoms with Crippen molar-refractivity contribution in [1.82, 2.24) is 9.97 Å². The smallest absolute Gasteiger partial charge is 0.160 e. The van der Waals surface area contributed by atoms with Crippen LogP contribution in [0.2, 0.25) is 0 Å². The van der Waals surface area contributed by atoms with E-state index in [4.69, 9.17) is 9.97 Å². The van der Waals surface area contributed by atoms with Gasteiger partial charge >= 0.3 is 0 Å². The van der Waals surface area contributed by atoms with Gasteiger partial charge in [0.25, 0.3) is 0 Å². The zero-order valence-corrected chi connectivity index (χ0v) is 30.3. The van der Waals surface area contributed by atoms with Crippen LogP contribution in [0.5, 0.6) is 0 Å². The molecule has 0 saturated heterocycles. The van der Waals surface area contributed by atoms with E-state index in [9.17, 15) is 5.26 Å². The number of benzene rings is 8. The van der Waals surface area contributed by atoms with E-state index < -0.39 is 0 Å². The largest absolute Gasteiger partial charge is 0.310 e. The minimum Gasteiger partial charge on any atom is -0.310 e. The SMILES string of the molecule is N#Cc1ccc(-c2nc(-c3cc(N(c4ccccc4)c4ccccc4)cc(N(c4ccccc4)c4ccccc4)c3)c3c(n2)-c2cccc4cccc-3c24)cc1. The summed E-state index contributed by atoms with van der Waals surface area (Å²) in [5, 5.41) is 11.9. The van der Waals surface area contributed by atoms with E-state index in [1.165, 1.54) is 5.39 Å². The number of rotatable bonds is 8. The summed E-state index contributed by atoms with van der Waals surface area (Å²) in [6.07, 6.45) is 0. The summed E-state index contributed by atoms with van der Waals surface area (Å²) in [4.78, 5) is 15.4. The zero-order valence-electron chi connectivity index (χ0n) is 30.3. The first-order valence-electron chi connectivity index (χ1n) is 18.6. The van der Waals surface area contributed by atoms with E-state index in [-0.39, 0.29) is 0 Å². The average Bonchev–Trinajstić information content (AvgIpc) is 3.60. The van der Waals surface area contributed by atoms with Crippen molar-refractivity contribution < 1.29 is 0 Å². The van der Waals surface area contributed by atoms with Crippen LogP contribution in [0.4, 0.5) is 34.1 Å². The molecular weight excluding hydrogens is 683 g/mol. The molecule has 0 unspecified atom stereocenters. The van der Waals surface area contributed by atoms with Gasteiger partial charge < -0.3 is 9.80 Å². The molecule has 0 N–H and O–H groups in total. The molecule has 9 aromatic rings. The summed E-state index contributed by atoms with van der Waals surface area (Å²) in [6, 6.07) is 71.5. The van der Waals surface area contributed by atoms with Gasteiger partial charge in [-0.15, -0.1) is 0 Å². The normalized spacial score (nSPS) is 11.2. The lowest BCUT2D eigenvalue weighted by Gasteiger charge is -2.30. The first-order chi connectivity index (χ1) is 27.7. The molecule has 0 bridgehead atoms. The van der Waals surface area contributed by atoms with Crippen molar-refractivity contribution in [2.45, 2.75) is 0 Å². The first-order valence-corrected chi connectivity index (χ1v) is 18.6. The third-order valence-electron chi connectivity index (χ3n) is 10.4. The van der Waals surface area contributed by atoms with Crippen molar-refractivity contribution in [3.63, 3.8) is 0 Å². The number of anilines is 6. The van der Waals surface area contributed by atoms with E-state index in [1.807, 2.05) is 48.5 Å². The van der Waals surface area contributed by atoms with Gasteiger partial charge in [-0.25, -0.2) is 9.97 Å². The molecule has 0 spiro atoms. The van der Waals surface area contributed by atoms with E-state index in [2.05, 4.69) is 168 Å². The topological polar surface area (TPSA) is 56.1 Å². The number of nitriles is 1. The van der Waals surface area contributed by atoms with Crippen LogP contribution in [-0.4, -0.2) is 9.97 Å². The molecule has 1 aliphatic carbocycles. The average molecular weight is 716 g/mol. The van der Waals surface area contributed by atoms with Gasteiger partial charge in [0.05, 0.1) is 23.0 Å². The highest BCUT2D eigenvalue weighted by Crippen LogP contribution is 2.52. The lowest BCUT2D eigenvalue weighted by Crippen LogP contribution is -2.13. The molecule has 0 fully saturated rings. The summed E-state index contributed by atoms with van der Waals surface area (Å²) in [6.45, 7) is 0.